The number of nitrogens with zero attached hydrogens (tertiary/aromatic N) is 1. The molecule has 1 aromatic carbocycles. The number of aromatic amines is 1. The number of halogens is 1. The van der Waals surface area contributed by atoms with E-state index in [0.29, 0.717) is 16.5 Å². The molecule has 19 heavy (non-hydrogen) atoms. The third kappa shape index (κ3) is 3.11. The number of aromatic nitrogens is 2. The monoisotopic (exact) mass is 279 g/mol. The molecular weight excluding hydrogens is 270 g/mol. The molecule has 0 atom stereocenters. The van der Waals surface area contributed by atoms with E-state index >= 15 is 0 Å². The van der Waals surface area contributed by atoms with Crippen molar-refractivity contribution in [1.29, 1.82) is 0 Å². The lowest BCUT2D eigenvalue weighted by atomic mass is 10.3. The van der Waals surface area contributed by atoms with Crippen molar-refractivity contribution in [2.75, 3.05) is 12.4 Å². The maximum atomic E-state index is 11.9. The summed E-state index contributed by atoms with van der Waals surface area (Å²) in [7, 11) is 1.48. The number of methoxy groups -OCH3 is 1. The Labute approximate surface area is 113 Å². The lowest BCUT2D eigenvalue weighted by Gasteiger charge is -2.09. The van der Waals surface area contributed by atoms with Crippen LogP contribution in [0.5, 0.6) is 5.75 Å². The van der Waals surface area contributed by atoms with E-state index in [4.69, 9.17) is 16.3 Å². The zero-order valence-electron chi connectivity index (χ0n) is 9.94. The van der Waals surface area contributed by atoms with Crippen LogP contribution in [0, 0.1) is 0 Å². The van der Waals surface area contributed by atoms with Crippen LogP contribution in [0.15, 0.2) is 35.4 Å². The lowest BCUT2D eigenvalue weighted by molar-refractivity contribution is 0.102. The van der Waals surface area contributed by atoms with E-state index < -0.39 is 5.91 Å². The van der Waals surface area contributed by atoms with Crippen molar-refractivity contribution in [2.24, 2.45) is 0 Å². The van der Waals surface area contributed by atoms with Crippen molar-refractivity contribution in [3.63, 3.8) is 0 Å². The topological polar surface area (TPSA) is 84.1 Å². The minimum absolute atomic E-state index is 0.0848. The highest BCUT2D eigenvalue weighted by molar-refractivity contribution is 6.31. The standard InChI is InChI=1S/C12H10ClN3O3/c1-19-10-3-2-7(13)4-8(10)16-12(18)9-5-15-11(17)6-14-9/h2-6H,1H3,(H,15,17)(H,16,18). The van der Waals surface area contributed by atoms with Crippen LogP contribution in [0.25, 0.3) is 0 Å². The number of anilines is 1. The molecule has 1 heterocycles. The van der Waals surface area contributed by atoms with Crippen LogP contribution >= 0.6 is 11.6 Å². The average Bonchev–Trinajstić information content (AvgIpc) is 2.39. The second-order valence-electron chi connectivity index (χ2n) is 3.60. The predicted molar refractivity (Wildman–Crippen MR) is 70.8 cm³/mol. The second kappa shape index (κ2) is 5.53. The first-order valence-corrected chi connectivity index (χ1v) is 5.67. The molecule has 2 rings (SSSR count). The minimum Gasteiger partial charge on any atom is -0.495 e. The highest BCUT2D eigenvalue weighted by atomic mass is 35.5. The van der Waals surface area contributed by atoms with E-state index in [1.54, 1.807) is 18.2 Å². The molecule has 6 nitrogen and oxygen atoms in total. The van der Waals surface area contributed by atoms with Gasteiger partial charge < -0.3 is 15.0 Å². The number of benzene rings is 1. The van der Waals surface area contributed by atoms with Gasteiger partial charge in [0.15, 0.2) is 0 Å². The Morgan fingerprint density at radius 2 is 2.26 bits per heavy atom. The molecule has 1 amide bonds. The van der Waals surface area contributed by atoms with Crippen molar-refractivity contribution in [1.82, 2.24) is 9.97 Å². The smallest absolute Gasteiger partial charge is 0.275 e. The first kappa shape index (κ1) is 13.1. The molecule has 0 saturated heterocycles. The minimum atomic E-state index is -0.475. The highest BCUT2D eigenvalue weighted by Crippen LogP contribution is 2.27. The molecule has 2 N–H and O–H groups in total. The Morgan fingerprint density at radius 1 is 1.47 bits per heavy atom. The number of hydrogen-bond donors (Lipinski definition) is 2. The number of hydrogen-bond acceptors (Lipinski definition) is 4. The second-order valence-corrected chi connectivity index (χ2v) is 4.03. The number of ether oxygens (including phenoxy) is 1. The van der Waals surface area contributed by atoms with E-state index in [1.165, 1.54) is 13.3 Å². The molecule has 98 valence electrons. The molecular formula is C12H10ClN3O3. The molecule has 0 spiro atoms. The Balaban J connectivity index is 2.25. The zero-order valence-corrected chi connectivity index (χ0v) is 10.7. The van der Waals surface area contributed by atoms with Crippen molar-refractivity contribution in [3.8, 4) is 5.75 Å². The normalized spacial score (nSPS) is 10.0. The predicted octanol–water partition coefficient (Wildman–Crippen LogP) is 1.68. The Hall–Kier alpha value is -2.34. The van der Waals surface area contributed by atoms with Gasteiger partial charge in [0.2, 0.25) is 0 Å². The Bertz CT molecular complexity index is 649. The van der Waals surface area contributed by atoms with Crippen LogP contribution in [0.3, 0.4) is 0 Å². The molecule has 0 unspecified atom stereocenters. The first-order valence-electron chi connectivity index (χ1n) is 5.30. The number of rotatable bonds is 3. The summed E-state index contributed by atoms with van der Waals surface area (Å²) in [6.45, 7) is 0. The summed E-state index contributed by atoms with van der Waals surface area (Å²) in [6.07, 6.45) is 2.26. The summed E-state index contributed by atoms with van der Waals surface area (Å²) in [5.74, 6) is -0.000934. The van der Waals surface area contributed by atoms with Gasteiger partial charge in [0.25, 0.3) is 11.5 Å². The van der Waals surface area contributed by atoms with Gasteiger partial charge in [-0.25, -0.2) is 4.98 Å². The fraction of sp³-hybridized carbons (Fsp3) is 0.0833. The van der Waals surface area contributed by atoms with Crippen LogP contribution in [0.2, 0.25) is 5.02 Å². The van der Waals surface area contributed by atoms with Gasteiger partial charge in [0.1, 0.15) is 11.4 Å². The Kier molecular flexibility index (Phi) is 3.82. The third-order valence-corrected chi connectivity index (χ3v) is 2.55. The summed E-state index contributed by atoms with van der Waals surface area (Å²) >= 11 is 5.85. The van der Waals surface area contributed by atoms with Crippen LogP contribution in [-0.4, -0.2) is 23.0 Å². The maximum absolute atomic E-state index is 11.9. The van der Waals surface area contributed by atoms with Crippen molar-refractivity contribution in [2.45, 2.75) is 0 Å². The average molecular weight is 280 g/mol. The molecule has 0 saturated carbocycles. The molecule has 0 aliphatic carbocycles. The SMILES string of the molecule is COc1ccc(Cl)cc1NC(=O)c1c[nH]c(=O)cn1. The van der Waals surface area contributed by atoms with E-state index in [-0.39, 0.29) is 11.3 Å². The third-order valence-electron chi connectivity index (χ3n) is 2.31. The highest BCUT2D eigenvalue weighted by Gasteiger charge is 2.11. The lowest BCUT2D eigenvalue weighted by Crippen LogP contribution is -2.17. The molecule has 0 bridgehead atoms. The number of H-pyrrole nitrogens is 1. The van der Waals surface area contributed by atoms with Gasteiger partial charge in [-0.3, -0.25) is 9.59 Å². The maximum Gasteiger partial charge on any atom is 0.275 e. The van der Waals surface area contributed by atoms with Crippen molar-refractivity contribution in [3.05, 3.63) is 51.7 Å². The summed E-state index contributed by atoms with van der Waals surface area (Å²) in [4.78, 5) is 28.9. The van der Waals surface area contributed by atoms with E-state index in [2.05, 4.69) is 15.3 Å². The summed E-state index contributed by atoms with van der Waals surface area (Å²) in [5, 5.41) is 3.07. The zero-order chi connectivity index (χ0) is 13.8. The van der Waals surface area contributed by atoms with Crippen molar-refractivity contribution < 1.29 is 9.53 Å². The fourth-order valence-electron chi connectivity index (χ4n) is 1.43. The van der Waals surface area contributed by atoms with Crippen LogP contribution < -0.4 is 15.6 Å². The molecule has 0 fully saturated rings. The molecule has 7 heteroatoms. The van der Waals surface area contributed by atoms with Gasteiger partial charge in [0.05, 0.1) is 19.0 Å². The Morgan fingerprint density at radius 3 is 2.89 bits per heavy atom. The van der Waals surface area contributed by atoms with Gasteiger partial charge in [-0.2, -0.15) is 0 Å². The van der Waals surface area contributed by atoms with Crippen LogP contribution in [0.1, 0.15) is 10.5 Å². The summed E-state index contributed by atoms with van der Waals surface area (Å²) in [5.41, 5.74) is 0.131. The van der Waals surface area contributed by atoms with Gasteiger partial charge >= 0.3 is 0 Å². The molecule has 0 aliphatic heterocycles. The summed E-state index contributed by atoms with van der Waals surface area (Å²) in [6, 6.07) is 4.84. The first-order chi connectivity index (χ1) is 9.10. The van der Waals surface area contributed by atoms with Crippen molar-refractivity contribution >= 4 is 23.2 Å². The number of amides is 1. The number of nitrogens with one attached hydrogen (secondary N) is 2. The van der Waals surface area contributed by atoms with E-state index in [0.717, 1.165) is 6.20 Å². The molecule has 2 aromatic rings. The largest absolute Gasteiger partial charge is 0.495 e. The molecule has 0 radical (unpaired) electrons. The van der Waals surface area contributed by atoms with Crippen LogP contribution in [0.4, 0.5) is 5.69 Å². The van der Waals surface area contributed by atoms with E-state index in [9.17, 15) is 9.59 Å². The van der Waals surface area contributed by atoms with Gasteiger partial charge in [-0.15, -0.1) is 0 Å². The van der Waals surface area contributed by atoms with Crippen LogP contribution in [-0.2, 0) is 0 Å². The quantitative estimate of drug-likeness (QED) is 0.895. The van der Waals surface area contributed by atoms with Gasteiger partial charge in [0, 0.05) is 11.2 Å². The molecule has 0 aliphatic rings. The molecule has 1 aromatic heterocycles. The number of carbonyl (C=O) groups is 1. The number of carbonyl (C=O) groups excluding carboxylic acids is 1. The van der Waals surface area contributed by atoms with Gasteiger partial charge in [-0.05, 0) is 18.2 Å². The van der Waals surface area contributed by atoms with Gasteiger partial charge in [-0.1, -0.05) is 11.6 Å². The fourth-order valence-corrected chi connectivity index (χ4v) is 1.60. The van der Waals surface area contributed by atoms with E-state index in [1.807, 2.05) is 0 Å². The summed E-state index contributed by atoms with van der Waals surface area (Å²) < 4.78 is 5.10.